The summed E-state index contributed by atoms with van der Waals surface area (Å²) in [6.07, 6.45) is 4.32. The Labute approximate surface area is 340 Å². The predicted molar refractivity (Wildman–Crippen MR) is 213 cm³/mol. The second-order valence-corrected chi connectivity index (χ2v) is 22.6. The van der Waals surface area contributed by atoms with Crippen LogP contribution in [-0.2, 0) is 5.60 Å². The standard InChI is InChI=1S/C19H18BrF3O3.C18H16BrO3.C4H9F3Si/c1-17(2,24)7-8-26-11-9-14-16(15(20)10-11)12-5-3-4-6-13(12)18(14,25)19(21,22)23;1-18(2,21)7-8-22-11-9-14-16(15(19)10-11)12-5-3-4-6-13(12)17(14)20;1-8(2,3)4(5,6)7/h3-6,9-10,24-25H,7-8H2,1-2H3;3,5-6,9-10,21H,7-8H2,1-2H3;1-3H3/q;+1;/t18-;;/m1../s1. The lowest BCUT2D eigenvalue weighted by atomic mass is 9.90. The molecule has 1 atom stereocenters. The zero-order valence-corrected chi connectivity index (χ0v) is 35.9. The van der Waals surface area contributed by atoms with Crippen LogP contribution in [0.1, 0.15) is 67.6 Å². The van der Waals surface area contributed by atoms with Crippen LogP contribution in [-0.4, -0.2) is 65.6 Å². The van der Waals surface area contributed by atoms with E-state index in [-0.39, 0.29) is 29.3 Å². The maximum atomic E-state index is 13.8. The third-order valence-corrected chi connectivity index (χ3v) is 11.9. The van der Waals surface area contributed by atoms with E-state index in [1.165, 1.54) is 37.8 Å². The molecule has 3 aliphatic carbocycles. The SMILES string of the molecule is CC(C)(O)CCOc1cc(Br)c2c(c1)C(=O)C1=C2C=C[C+]=C1.CC(C)(O)CCOc1cc(Br)c2c(c1)[C@@](O)(C(F)(F)F)c1ccccc1-2.C[Si](C)(C)C(F)(F)F. The Morgan fingerprint density at radius 3 is 1.75 bits per heavy atom. The highest BCUT2D eigenvalue weighted by Crippen LogP contribution is 2.57. The first-order valence-electron chi connectivity index (χ1n) is 17.5. The van der Waals surface area contributed by atoms with E-state index in [1.54, 1.807) is 64.1 Å². The molecule has 0 aliphatic heterocycles. The first-order chi connectivity index (χ1) is 25.6. The van der Waals surface area contributed by atoms with Crippen LogP contribution in [0.3, 0.4) is 0 Å². The molecular weight excluding hydrogens is 890 g/mol. The number of alkyl halides is 6. The van der Waals surface area contributed by atoms with Crippen LogP contribution in [0.2, 0.25) is 19.6 Å². The normalized spacial score (nSPS) is 17.1. The summed E-state index contributed by atoms with van der Waals surface area (Å²) in [5, 5.41) is 30.1. The van der Waals surface area contributed by atoms with Gasteiger partial charge in [-0.2, -0.15) is 26.3 Å². The molecular formula is C41H43Br2F6O6Si+. The van der Waals surface area contributed by atoms with Gasteiger partial charge in [0.15, 0.2) is 8.07 Å². The number of rotatable bonds is 8. The summed E-state index contributed by atoms with van der Waals surface area (Å²) in [6.45, 7) is 11.1. The maximum Gasteiger partial charge on any atom is 0.425 e. The van der Waals surface area contributed by atoms with Crippen LogP contribution in [0, 0.1) is 6.08 Å². The monoisotopic (exact) mass is 931 g/mol. The summed E-state index contributed by atoms with van der Waals surface area (Å²) >= 11 is 6.85. The van der Waals surface area contributed by atoms with Crippen LogP contribution in [0.15, 0.2) is 81.3 Å². The van der Waals surface area contributed by atoms with E-state index in [0.29, 0.717) is 51.9 Å². The molecule has 0 amide bonds. The summed E-state index contributed by atoms with van der Waals surface area (Å²) in [5.74, 6) is -3.11. The fourth-order valence-electron chi connectivity index (χ4n) is 5.63. The van der Waals surface area contributed by atoms with Gasteiger partial charge in [-0.3, -0.25) is 4.79 Å². The van der Waals surface area contributed by atoms with Crippen LogP contribution in [0.4, 0.5) is 26.3 Å². The lowest BCUT2D eigenvalue weighted by Gasteiger charge is -2.28. The molecule has 3 aliphatic rings. The second kappa shape index (κ2) is 16.5. The lowest BCUT2D eigenvalue weighted by Crippen LogP contribution is -2.41. The molecule has 0 bridgehead atoms. The number of fused-ring (bicyclic) bond motifs is 5. The van der Waals surface area contributed by atoms with Gasteiger partial charge in [0.2, 0.25) is 11.4 Å². The number of halogens is 8. The number of ether oxygens (including phenoxy) is 2. The van der Waals surface area contributed by atoms with Crippen molar-refractivity contribution in [2.24, 2.45) is 0 Å². The van der Waals surface area contributed by atoms with Crippen molar-refractivity contribution in [3.8, 4) is 22.6 Å². The van der Waals surface area contributed by atoms with Gasteiger partial charge in [-0.25, -0.2) is 0 Å². The molecule has 56 heavy (non-hydrogen) atoms. The van der Waals surface area contributed by atoms with Gasteiger partial charge >= 0.3 is 12.0 Å². The van der Waals surface area contributed by atoms with Crippen LogP contribution in [0.25, 0.3) is 16.7 Å². The Morgan fingerprint density at radius 1 is 0.750 bits per heavy atom. The summed E-state index contributed by atoms with van der Waals surface area (Å²) in [5.41, 5.74) is -1.50. The number of carbonyl (C=O) groups is 1. The fourth-order valence-corrected chi connectivity index (χ4v) is 6.93. The molecule has 6 rings (SSSR count). The number of ketones is 1. The van der Waals surface area contributed by atoms with Crippen molar-refractivity contribution in [1.29, 1.82) is 0 Å². The van der Waals surface area contributed by atoms with Gasteiger partial charge in [0.05, 0.1) is 36.1 Å². The van der Waals surface area contributed by atoms with E-state index >= 15 is 0 Å². The summed E-state index contributed by atoms with van der Waals surface area (Å²) in [7, 11) is -2.86. The molecule has 0 heterocycles. The van der Waals surface area contributed by atoms with Gasteiger partial charge in [0, 0.05) is 50.1 Å². The Bertz CT molecular complexity index is 2040. The van der Waals surface area contributed by atoms with Crippen LogP contribution < -0.4 is 9.47 Å². The molecule has 0 fully saturated rings. The Balaban J connectivity index is 0.000000211. The number of allylic oxidation sites excluding steroid dienone is 6. The van der Waals surface area contributed by atoms with E-state index in [2.05, 4.69) is 37.9 Å². The Morgan fingerprint density at radius 2 is 1.25 bits per heavy atom. The smallest absolute Gasteiger partial charge is 0.425 e. The molecule has 0 saturated heterocycles. The topological polar surface area (TPSA) is 96.2 Å². The van der Waals surface area contributed by atoms with E-state index < -0.39 is 36.9 Å². The molecule has 0 aromatic heterocycles. The van der Waals surface area contributed by atoms with Gasteiger partial charge in [-0.05, 0) is 73.5 Å². The van der Waals surface area contributed by atoms with Crippen LogP contribution >= 0.6 is 31.9 Å². The first kappa shape index (κ1) is 45.4. The minimum Gasteiger partial charge on any atom is -0.493 e. The second-order valence-electron chi connectivity index (χ2n) is 15.8. The highest BCUT2D eigenvalue weighted by Gasteiger charge is 2.61. The quantitative estimate of drug-likeness (QED) is 0.118. The molecule has 0 unspecified atom stereocenters. The van der Waals surface area contributed by atoms with E-state index in [4.69, 9.17) is 9.47 Å². The van der Waals surface area contributed by atoms with E-state index in [9.17, 15) is 46.5 Å². The van der Waals surface area contributed by atoms with Crippen molar-refractivity contribution in [3.63, 3.8) is 0 Å². The third-order valence-electron chi connectivity index (χ3n) is 8.95. The van der Waals surface area contributed by atoms with Gasteiger partial charge in [-0.1, -0.05) is 59.8 Å². The first-order valence-corrected chi connectivity index (χ1v) is 22.5. The number of hydrogen-bond donors (Lipinski definition) is 3. The zero-order valence-electron chi connectivity index (χ0n) is 31.8. The number of hydrogen-bond acceptors (Lipinski definition) is 6. The van der Waals surface area contributed by atoms with Crippen molar-refractivity contribution < 1.29 is 55.9 Å². The number of carbonyl (C=O) groups excluding carboxylic acids is 1. The third kappa shape index (κ3) is 10.2. The van der Waals surface area contributed by atoms with Crippen LogP contribution in [0.5, 0.6) is 11.5 Å². The van der Waals surface area contributed by atoms with E-state index in [0.717, 1.165) is 15.6 Å². The molecule has 3 aromatic carbocycles. The van der Waals surface area contributed by atoms with Gasteiger partial charge in [-0.15, -0.1) is 0 Å². The molecule has 0 saturated carbocycles. The highest BCUT2D eigenvalue weighted by molar-refractivity contribution is 9.11. The fraction of sp³-hybridized carbons (Fsp3) is 0.390. The molecule has 302 valence electrons. The molecule has 0 radical (unpaired) electrons. The number of benzene rings is 3. The van der Waals surface area contributed by atoms with Crippen molar-refractivity contribution in [3.05, 3.63) is 110 Å². The maximum absolute atomic E-state index is 13.8. The Kier molecular flexibility index (Phi) is 13.4. The zero-order chi connectivity index (χ0) is 42.2. The minimum absolute atomic E-state index is 0.00418. The molecule has 15 heteroatoms. The molecule has 6 nitrogen and oxygen atoms in total. The summed E-state index contributed by atoms with van der Waals surface area (Å²) in [4.78, 5) is 12.5. The van der Waals surface area contributed by atoms with Crippen molar-refractivity contribution >= 4 is 51.3 Å². The highest BCUT2D eigenvalue weighted by atomic mass is 79.9. The molecule has 3 N–H and O–H groups in total. The van der Waals surface area contributed by atoms with Crippen molar-refractivity contribution in [2.45, 2.75) is 89.0 Å². The van der Waals surface area contributed by atoms with Gasteiger partial charge in [0.1, 0.15) is 34.8 Å². The van der Waals surface area contributed by atoms with E-state index in [1.807, 2.05) is 12.1 Å². The minimum atomic E-state index is -4.89. The van der Waals surface area contributed by atoms with Crippen molar-refractivity contribution in [2.75, 3.05) is 13.2 Å². The van der Waals surface area contributed by atoms with Gasteiger partial charge < -0.3 is 24.8 Å². The Hall–Kier alpha value is -3.30. The average Bonchev–Trinajstić information content (AvgIpc) is 3.49. The summed E-state index contributed by atoms with van der Waals surface area (Å²) in [6, 6.07) is 12.4. The lowest BCUT2D eigenvalue weighted by molar-refractivity contribution is -0.246. The predicted octanol–water partition coefficient (Wildman–Crippen LogP) is 11.1. The van der Waals surface area contributed by atoms with Gasteiger partial charge in [0.25, 0.3) is 0 Å². The summed E-state index contributed by atoms with van der Waals surface area (Å²) < 4.78 is 88.8. The average molecular weight is 934 g/mol. The largest absolute Gasteiger partial charge is 0.493 e. The van der Waals surface area contributed by atoms with Crippen molar-refractivity contribution in [1.82, 2.24) is 0 Å². The molecule has 0 spiro atoms. The number of aliphatic hydroxyl groups is 3. The molecule has 3 aromatic rings. The number of Topliss-reactive ketones (excluding diaryl/α,β-unsaturated/α-hetero) is 1.